The van der Waals surface area contributed by atoms with E-state index in [1.165, 1.54) is 11.8 Å². The average Bonchev–Trinajstić information content (AvgIpc) is 3.13. The zero-order chi connectivity index (χ0) is 15.9. The lowest BCUT2D eigenvalue weighted by atomic mass is 10.2. The summed E-state index contributed by atoms with van der Waals surface area (Å²) in [5, 5.41) is 13.9. The third-order valence-electron chi connectivity index (χ3n) is 2.99. The van der Waals surface area contributed by atoms with Gasteiger partial charge in [0.25, 0.3) is 0 Å². The Balaban J connectivity index is 1.49. The first kappa shape index (κ1) is 15.6. The molecular formula is C16H14N4OS2. The number of carbonyl (C=O) groups excluding carboxylic acids is 1. The Morgan fingerprint density at radius 1 is 1.17 bits per heavy atom. The fourth-order valence-electron chi connectivity index (χ4n) is 1.85. The van der Waals surface area contributed by atoms with E-state index in [9.17, 15) is 4.79 Å². The van der Waals surface area contributed by atoms with Gasteiger partial charge in [-0.1, -0.05) is 17.8 Å². The maximum Gasteiger partial charge on any atom is 0.230 e. The van der Waals surface area contributed by atoms with Crippen molar-refractivity contribution in [1.29, 1.82) is 0 Å². The maximum absolute atomic E-state index is 11.8. The van der Waals surface area contributed by atoms with E-state index in [1.807, 2.05) is 41.8 Å². The zero-order valence-corrected chi connectivity index (χ0v) is 13.8. The summed E-state index contributed by atoms with van der Waals surface area (Å²) in [4.78, 5) is 17.0. The van der Waals surface area contributed by atoms with Crippen molar-refractivity contribution in [3.63, 3.8) is 0 Å². The Hall–Kier alpha value is -2.25. The first-order valence-electron chi connectivity index (χ1n) is 6.97. The molecule has 1 amide bonds. The topological polar surface area (TPSA) is 67.8 Å². The Bertz CT molecular complexity index is 746. The van der Waals surface area contributed by atoms with Crippen LogP contribution in [0.25, 0.3) is 11.3 Å². The molecule has 1 N–H and O–H groups in total. The number of hydrogen-bond donors (Lipinski definition) is 1. The molecule has 23 heavy (non-hydrogen) atoms. The Morgan fingerprint density at radius 3 is 2.83 bits per heavy atom. The van der Waals surface area contributed by atoms with Crippen LogP contribution in [0.5, 0.6) is 0 Å². The second kappa shape index (κ2) is 7.85. The zero-order valence-electron chi connectivity index (χ0n) is 12.2. The summed E-state index contributed by atoms with van der Waals surface area (Å²) in [5.41, 5.74) is 1.69. The number of nitrogens with zero attached hydrogens (tertiary/aromatic N) is 3. The van der Waals surface area contributed by atoms with Crippen molar-refractivity contribution in [2.75, 3.05) is 5.75 Å². The van der Waals surface area contributed by atoms with Crippen molar-refractivity contribution >= 4 is 29.0 Å². The highest BCUT2D eigenvalue weighted by Crippen LogP contribution is 2.18. The van der Waals surface area contributed by atoms with Gasteiger partial charge in [-0.05, 0) is 35.7 Å². The first-order valence-corrected chi connectivity index (χ1v) is 8.84. The molecule has 3 aromatic rings. The van der Waals surface area contributed by atoms with Gasteiger partial charge in [-0.15, -0.1) is 21.5 Å². The summed E-state index contributed by atoms with van der Waals surface area (Å²) in [5.74, 6) is 0.313. The van der Waals surface area contributed by atoms with E-state index in [1.54, 1.807) is 23.7 Å². The highest BCUT2D eigenvalue weighted by molar-refractivity contribution is 7.99. The van der Waals surface area contributed by atoms with Crippen LogP contribution in [0, 0.1) is 0 Å². The number of hydrogen-bond acceptors (Lipinski definition) is 6. The Labute approximate surface area is 142 Å². The predicted octanol–water partition coefficient (Wildman–Crippen LogP) is 3.01. The van der Waals surface area contributed by atoms with E-state index in [-0.39, 0.29) is 5.91 Å². The van der Waals surface area contributed by atoms with Crippen LogP contribution in [0.15, 0.2) is 59.2 Å². The van der Waals surface area contributed by atoms with Gasteiger partial charge in [-0.25, -0.2) is 0 Å². The monoisotopic (exact) mass is 342 g/mol. The molecule has 0 atom stereocenters. The molecule has 0 spiro atoms. The summed E-state index contributed by atoms with van der Waals surface area (Å²) in [7, 11) is 0. The fraction of sp³-hybridized carbons (Fsp3) is 0.125. The number of pyridine rings is 1. The van der Waals surface area contributed by atoms with E-state index >= 15 is 0 Å². The van der Waals surface area contributed by atoms with E-state index < -0.39 is 0 Å². The van der Waals surface area contributed by atoms with Crippen LogP contribution in [0.1, 0.15) is 4.88 Å². The summed E-state index contributed by atoms with van der Waals surface area (Å²) in [6.07, 6.45) is 3.46. The molecule has 0 aliphatic carbocycles. The Morgan fingerprint density at radius 2 is 2.13 bits per heavy atom. The van der Waals surface area contributed by atoms with Crippen LogP contribution >= 0.6 is 23.1 Å². The number of aromatic nitrogens is 3. The van der Waals surface area contributed by atoms with Gasteiger partial charge in [0, 0.05) is 22.8 Å². The van der Waals surface area contributed by atoms with Crippen LogP contribution in [-0.4, -0.2) is 26.8 Å². The molecule has 0 unspecified atom stereocenters. The molecule has 5 nitrogen and oxygen atoms in total. The van der Waals surface area contributed by atoms with Crippen molar-refractivity contribution in [3.8, 4) is 11.3 Å². The SMILES string of the molecule is O=C(CSc1ccc(-c2cccnc2)nn1)NCc1cccs1. The normalized spacial score (nSPS) is 10.4. The molecule has 0 aliphatic rings. The summed E-state index contributed by atoms with van der Waals surface area (Å²) in [6, 6.07) is 11.5. The van der Waals surface area contributed by atoms with E-state index in [4.69, 9.17) is 0 Å². The van der Waals surface area contributed by atoms with Gasteiger partial charge in [0.05, 0.1) is 18.0 Å². The number of nitrogens with one attached hydrogen (secondary N) is 1. The molecule has 3 aromatic heterocycles. The molecule has 0 bridgehead atoms. The summed E-state index contributed by atoms with van der Waals surface area (Å²) >= 11 is 3.00. The third-order valence-corrected chi connectivity index (χ3v) is 4.78. The molecule has 0 radical (unpaired) electrons. The maximum atomic E-state index is 11.8. The van der Waals surface area contributed by atoms with Gasteiger partial charge in [0.15, 0.2) is 0 Å². The Kier molecular flexibility index (Phi) is 5.33. The quantitative estimate of drug-likeness (QED) is 0.698. The lowest BCUT2D eigenvalue weighted by Gasteiger charge is -2.04. The average molecular weight is 342 g/mol. The molecule has 0 aliphatic heterocycles. The summed E-state index contributed by atoms with van der Waals surface area (Å²) in [6.45, 7) is 0.572. The molecule has 0 aromatic carbocycles. The van der Waals surface area contributed by atoms with E-state index in [0.29, 0.717) is 12.3 Å². The second-order valence-corrected chi connectivity index (χ2v) is 6.67. The number of rotatable bonds is 6. The van der Waals surface area contributed by atoms with Crippen molar-refractivity contribution in [2.45, 2.75) is 11.6 Å². The molecule has 0 saturated heterocycles. The first-order chi connectivity index (χ1) is 11.3. The minimum Gasteiger partial charge on any atom is -0.350 e. The van der Waals surface area contributed by atoms with Crippen molar-refractivity contribution < 1.29 is 4.79 Å². The minimum atomic E-state index is -0.0125. The van der Waals surface area contributed by atoms with Gasteiger partial charge in [0.2, 0.25) is 5.91 Å². The molecule has 7 heteroatoms. The molecule has 0 saturated carbocycles. The standard InChI is InChI=1S/C16H14N4OS2/c21-15(18-10-13-4-2-8-22-13)11-23-16-6-5-14(19-20-16)12-3-1-7-17-9-12/h1-9H,10-11H2,(H,18,21). The lowest BCUT2D eigenvalue weighted by molar-refractivity contribution is -0.118. The van der Waals surface area contributed by atoms with Crippen LogP contribution < -0.4 is 5.32 Å². The van der Waals surface area contributed by atoms with Crippen LogP contribution in [0.2, 0.25) is 0 Å². The highest BCUT2D eigenvalue weighted by Gasteiger charge is 2.06. The molecular weight excluding hydrogens is 328 g/mol. The predicted molar refractivity (Wildman–Crippen MR) is 92.2 cm³/mol. The molecule has 3 rings (SSSR count). The van der Waals surface area contributed by atoms with Crippen molar-refractivity contribution in [1.82, 2.24) is 20.5 Å². The van der Waals surface area contributed by atoms with Crippen molar-refractivity contribution in [3.05, 3.63) is 59.0 Å². The largest absolute Gasteiger partial charge is 0.350 e. The number of carbonyl (C=O) groups is 1. The summed E-state index contributed by atoms with van der Waals surface area (Å²) < 4.78 is 0. The second-order valence-electron chi connectivity index (χ2n) is 4.64. The molecule has 116 valence electrons. The number of amides is 1. The van der Waals surface area contributed by atoms with Gasteiger partial charge in [0.1, 0.15) is 5.03 Å². The van der Waals surface area contributed by atoms with E-state index in [0.717, 1.165) is 21.2 Å². The number of thiophene rings is 1. The highest BCUT2D eigenvalue weighted by atomic mass is 32.2. The van der Waals surface area contributed by atoms with E-state index in [2.05, 4.69) is 20.5 Å². The fourth-order valence-corrected chi connectivity index (χ4v) is 3.14. The molecule has 0 fully saturated rings. The van der Waals surface area contributed by atoms with Gasteiger partial charge >= 0.3 is 0 Å². The molecule has 3 heterocycles. The van der Waals surface area contributed by atoms with Gasteiger partial charge in [-0.3, -0.25) is 9.78 Å². The van der Waals surface area contributed by atoms with Gasteiger partial charge < -0.3 is 5.32 Å². The van der Waals surface area contributed by atoms with Crippen LogP contribution in [0.3, 0.4) is 0 Å². The minimum absolute atomic E-state index is 0.0125. The van der Waals surface area contributed by atoms with Crippen LogP contribution in [-0.2, 0) is 11.3 Å². The van der Waals surface area contributed by atoms with Crippen LogP contribution in [0.4, 0.5) is 0 Å². The van der Waals surface area contributed by atoms with Crippen molar-refractivity contribution in [2.24, 2.45) is 0 Å². The number of thioether (sulfide) groups is 1. The lowest BCUT2D eigenvalue weighted by Crippen LogP contribution is -2.24. The third kappa shape index (κ3) is 4.61. The van der Waals surface area contributed by atoms with Gasteiger partial charge in [-0.2, -0.15) is 0 Å². The smallest absolute Gasteiger partial charge is 0.230 e.